The van der Waals surface area contributed by atoms with Gasteiger partial charge in [0.2, 0.25) is 0 Å². The van der Waals surface area contributed by atoms with Crippen molar-refractivity contribution in [1.29, 1.82) is 0 Å². The average Bonchev–Trinajstić information content (AvgIpc) is 2.32. The van der Waals surface area contributed by atoms with Crippen LogP contribution in [0, 0.1) is 6.92 Å². The molecule has 0 aliphatic rings. The largest absolute Gasteiger partial charge is 0.487 e. The summed E-state index contributed by atoms with van der Waals surface area (Å²) in [5.41, 5.74) is 1.95. The summed E-state index contributed by atoms with van der Waals surface area (Å²) >= 11 is 6.00. The van der Waals surface area contributed by atoms with E-state index in [4.69, 9.17) is 16.3 Å². The van der Waals surface area contributed by atoms with E-state index >= 15 is 0 Å². The molecule has 1 heterocycles. The second-order valence-electron chi connectivity index (χ2n) is 3.52. The van der Waals surface area contributed by atoms with Gasteiger partial charge in [0, 0.05) is 11.2 Å². The van der Waals surface area contributed by atoms with Crippen molar-refractivity contribution in [3.05, 3.63) is 58.9 Å². The molecule has 0 saturated heterocycles. The summed E-state index contributed by atoms with van der Waals surface area (Å²) in [5.74, 6) is 0.765. The van der Waals surface area contributed by atoms with Crippen molar-refractivity contribution >= 4 is 11.6 Å². The summed E-state index contributed by atoms with van der Waals surface area (Å²) in [7, 11) is 0. The van der Waals surface area contributed by atoms with Gasteiger partial charge in [-0.3, -0.25) is 4.98 Å². The van der Waals surface area contributed by atoms with E-state index in [0.29, 0.717) is 6.61 Å². The van der Waals surface area contributed by atoms with E-state index in [0.717, 1.165) is 22.0 Å². The van der Waals surface area contributed by atoms with Crippen LogP contribution < -0.4 is 4.74 Å². The highest BCUT2D eigenvalue weighted by Crippen LogP contribution is 2.22. The number of halogens is 1. The third-order valence-corrected chi connectivity index (χ3v) is 2.66. The molecule has 3 heteroatoms. The van der Waals surface area contributed by atoms with E-state index in [1.807, 2.05) is 43.3 Å². The van der Waals surface area contributed by atoms with Crippen LogP contribution >= 0.6 is 11.6 Å². The van der Waals surface area contributed by atoms with Crippen LogP contribution in [0.25, 0.3) is 0 Å². The van der Waals surface area contributed by atoms with Gasteiger partial charge < -0.3 is 4.74 Å². The normalized spacial score (nSPS) is 10.1. The highest BCUT2D eigenvalue weighted by atomic mass is 35.5. The van der Waals surface area contributed by atoms with E-state index < -0.39 is 0 Å². The molecule has 0 bridgehead atoms. The zero-order valence-corrected chi connectivity index (χ0v) is 9.74. The molecule has 0 aliphatic carbocycles. The molecular weight excluding hydrogens is 222 g/mol. The maximum Gasteiger partial charge on any atom is 0.130 e. The molecule has 0 atom stereocenters. The van der Waals surface area contributed by atoms with Crippen molar-refractivity contribution in [3.8, 4) is 5.75 Å². The van der Waals surface area contributed by atoms with Gasteiger partial charge in [0.15, 0.2) is 0 Å². The number of rotatable bonds is 3. The molecule has 1 aromatic heterocycles. The Balaban J connectivity index is 2.03. The fraction of sp³-hybridized carbons (Fsp3) is 0.154. The molecule has 16 heavy (non-hydrogen) atoms. The molecule has 0 saturated carbocycles. The molecule has 0 unspecified atom stereocenters. The molecule has 0 radical (unpaired) electrons. The predicted molar refractivity (Wildman–Crippen MR) is 64.8 cm³/mol. The van der Waals surface area contributed by atoms with Crippen molar-refractivity contribution in [1.82, 2.24) is 4.98 Å². The van der Waals surface area contributed by atoms with Gasteiger partial charge in [0.05, 0.1) is 5.69 Å². The lowest BCUT2D eigenvalue weighted by Gasteiger charge is -2.06. The van der Waals surface area contributed by atoms with E-state index in [2.05, 4.69) is 4.98 Å². The molecule has 0 spiro atoms. The molecule has 2 aromatic rings. The number of hydrogen-bond acceptors (Lipinski definition) is 2. The topological polar surface area (TPSA) is 22.1 Å². The predicted octanol–water partition coefficient (Wildman–Crippen LogP) is 3.62. The van der Waals surface area contributed by atoms with Crippen LogP contribution in [-0.2, 0) is 6.61 Å². The monoisotopic (exact) mass is 233 g/mol. The molecule has 1 aromatic carbocycles. The van der Waals surface area contributed by atoms with Crippen LogP contribution in [0.4, 0.5) is 0 Å². The van der Waals surface area contributed by atoms with Gasteiger partial charge in [-0.2, -0.15) is 0 Å². The van der Waals surface area contributed by atoms with E-state index in [1.165, 1.54) is 0 Å². The second kappa shape index (κ2) is 4.99. The second-order valence-corrected chi connectivity index (χ2v) is 3.93. The average molecular weight is 234 g/mol. The Labute approximate surface area is 99.9 Å². The lowest BCUT2D eigenvalue weighted by molar-refractivity contribution is 0.301. The van der Waals surface area contributed by atoms with Gasteiger partial charge in [0.25, 0.3) is 0 Å². The molecular formula is C13H12ClNO. The summed E-state index contributed by atoms with van der Waals surface area (Å²) in [5, 5.41) is 0.721. The number of nitrogens with zero attached hydrogens (tertiary/aromatic N) is 1. The Morgan fingerprint density at radius 2 is 2.12 bits per heavy atom. The van der Waals surface area contributed by atoms with Gasteiger partial charge >= 0.3 is 0 Å². The smallest absolute Gasteiger partial charge is 0.130 e. The van der Waals surface area contributed by atoms with Crippen LogP contribution in [-0.4, -0.2) is 4.98 Å². The van der Waals surface area contributed by atoms with Crippen molar-refractivity contribution < 1.29 is 4.74 Å². The first-order valence-electron chi connectivity index (χ1n) is 5.04. The minimum Gasteiger partial charge on any atom is -0.487 e. The number of aromatic nitrogens is 1. The summed E-state index contributed by atoms with van der Waals surface area (Å²) in [6, 6.07) is 11.4. The van der Waals surface area contributed by atoms with E-state index in [9.17, 15) is 0 Å². The first kappa shape index (κ1) is 11.0. The third kappa shape index (κ3) is 2.74. The van der Waals surface area contributed by atoms with Gasteiger partial charge in [-0.25, -0.2) is 0 Å². The summed E-state index contributed by atoms with van der Waals surface area (Å²) < 4.78 is 5.58. The number of aryl methyl sites for hydroxylation is 1. The standard InChI is InChI=1S/C13H12ClNO/c1-10-5-6-12(8-13(10)14)16-9-11-4-2-3-7-15-11/h2-8H,9H2,1H3. The maximum absolute atomic E-state index is 6.00. The van der Waals surface area contributed by atoms with Crippen molar-refractivity contribution in [2.24, 2.45) is 0 Å². The molecule has 0 aliphatic heterocycles. The lowest BCUT2D eigenvalue weighted by Crippen LogP contribution is -1.97. The maximum atomic E-state index is 6.00. The number of ether oxygens (including phenoxy) is 1. The Kier molecular flexibility index (Phi) is 3.42. The Morgan fingerprint density at radius 3 is 2.81 bits per heavy atom. The fourth-order valence-corrected chi connectivity index (χ4v) is 1.47. The van der Waals surface area contributed by atoms with Crippen LogP contribution in [0.15, 0.2) is 42.6 Å². The highest BCUT2D eigenvalue weighted by molar-refractivity contribution is 6.31. The summed E-state index contributed by atoms with van der Waals surface area (Å²) in [6.07, 6.45) is 1.75. The van der Waals surface area contributed by atoms with Crippen LogP contribution in [0.5, 0.6) is 5.75 Å². The van der Waals surface area contributed by atoms with Crippen LogP contribution in [0.2, 0.25) is 5.02 Å². The first-order chi connectivity index (χ1) is 7.75. The Morgan fingerprint density at radius 1 is 1.25 bits per heavy atom. The molecule has 82 valence electrons. The van der Waals surface area contributed by atoms with E-state index in [1.54, 1.807) is 6.20 Å². The first-order valence-corrected chi connectivity index (χ1v) is 5.42. The summed E-state index contributed by atoms with van der Waals surface area (Å²) in [4.78, 5) is 4.18. The number of pyridine rings is 1. The van der Waals surface area contributed by atoms with Crippen LogP contribution in [0.1, 0.15) is 11.3 Å². The zero-order valence-electron chi connectivity index (χ0n) is 8.98. The van der Waals surface area contributed by atoms with Crippen LogP contribution in [0.3, 0.4) is 0 Å². The molecule has 0 amide bonds. The minimum atomic E-state index is 0.459. The Bertz CT molecular complexity index is 471. The van der Waals surface area contributed by atoms with Gasteiger partial charge in [-0.1, -0.05) is 23.7 Å². The Hall–Kier alpha value is -1.54. The van der Waals surface area contributed by atoms with Crippen molar-refractivity contribution in [2.45, 2.75) is 13.5 Å². The van der Waals surface area contributed by atoms with Gasteiger partial charge in [-0.15, -0.1) is 0 Å². The SMILES string of the molecule is Cc1ccc(OCc2ccccn2)cc1Cl. The minimum absolute atomic E-state index is 0.459. The molecule has 2 nitrogen and oxygen atoms in total. The molecule has 0 fully saturated rings. The summed E-state index contributed by atoms with van der Waals surface area (Å²) in [6.45, 7) is 2.42. The molecule has 2 rings (SSSR count). The quantitative estimate of drug-likeness (QED) is 0.808. The number of hydrogen-bond donors (Lipinski definition) is 0. The van der Waals surface area contributed by atoms with Gasteiger partial charge in [-0.05, 0) is 36.8 Å². The van der Waals surface area contributed by atoms with Crippen molar-refractivity contribution in [3.63, 3.8) is 0 Å². The fourth-order valence-electron chi connectivity index (χ4n) is 1.30. The van der Waals surface area contributed by atoms with Gasteiger partial charge in [0.1, 0.15) is 12.4 Å². The molecule has 0 N–H and O–H groups in total. The van der Waals surface area contributed by atoms with E-state index in [-0.39, 0.29) is 0 Å². The third-order valence-electron chi connectivity index (χ3n) is 2.26. The lowest BCUT2D eigenvalue weighted by atomic mass is 10.2. The number of benzene rings is 1. The van der Waals surface area contributed by atoms with Crippen molar-refractivity contribution in [2.75, 3.05) is 0 Å². The zero-order chi connectivity index (χ0) is 11.4. The highest BCUT2D eigenvalue weighted by Gasteiger charge is 1.99.